The van der Waals surface area contributed by atoms with Crippen molar-refractivity contribution in [3.8, 4) is 0 Å². The first kappa shape index (κ1) is 18.0. The van der Waals surface area contributed by atoms with Gasteiger partial charge in [0.2, 0.25) is 0 Å². The highest BCUT2D eigenvalue weighted by Crippen LogP contribution is 2.26. The molecule has 0 radical (unpaired) electrons. The number of esters is 1. The Morgan fingerprint density at radius 1 is 1.38 bits per heavy atom. The lowest BCUT2D eigenvalue weighted by Crippen LogP contribution is -2.43. The lowest BCUT2D eigenvalue weighted by molar-refractivity contribution is -0.159. The van der Waals surface area contributed by atoms with Crippen LogP contribution in [0.4, 0.5) is 0 Å². The van der Waals surface area contributed by atoms with E-state index < -0.39 is 23.6 Å². The van der Waals surface area contributed by atoms with Gasteiger partial charge < -0.3 is 19.2 Å². The van der Waals surface area contributed by atoms with Gasteiger partial charge in [-0.1, -0.05) is 0 Å². The Bertz CT molecular complexity index is 655. The molecule has 1 N–H and O–H groups in total. The molecule has 2 rings (SSSR count). The molecule has 2 heterocycles. The number of carbonyl (C=O) groups excluding carboxylic acids is 2. The first-order valence-corrected chi connectivity index (χ1v) is 7.92. The number of carbonyl (C=O) groups is 3. The second-order valence-electron chi connectivity index (χ2n) is 6.98. The minimum atomic E-state index is -1.08. The van der Waals surface area contributed by atoms with E-state index in [2.05, 4.69) is 0 Å². The maximum atomic E-state index is 12.9. The third kappa shape index (κ3) is 3.96. The van der Waals surface area contributed by atoms with E-state index in [1.165, 1.54) is 11.2 Å². The average Bonchev–Trinajstić information content (AvgIpc) is 3.03. The van der Waals surface area contributed by atoms with E-state index in [1.807, 2.05) is 0 Å². The van der Waals surface area contributed by atoms with Gasteiger partial charge in [-0.25, -0.2) is 4.79 Å². The fourth-order valence-electron chi connectivity index (χ4n) is 2.82. The van der Waals surface area contributed by atoms with Gasteiger partial charge in [-0.2, -0.15) is 0 Å². The number of hydrogen-bond acceptors (Lipinski definition) is 5. The average molecular weight is 337 g/mol. The summed E-state index contributed by atoms with van der Waals surface area (Å²) in [5.41, 5.74) is 0.160. The minimum Gasteiger partial charge on any atom is -0.481 e. The van der Waals surface area contributed by atoms with Gasteiger partial charge in [0.1, 0.15) is 23.8 Å². The molecule has 1 aliphatic heterocycles. The topological polar surface area (TPSA) is 97.0 Å². The maximum absolute atomic E-state index is 12.9. The molecule has 1 aromatic rings. The van der Waals surface area contributed by atoms with E-state index in [4.69, 9.17) is 14.3 Å². The van der Waals surface area contributed by atoms with Crippen molar-refractivity contribution in [2.75, 3.05) is 6.54 Å². The van der Waals surface area contributed by atoms with E-state index in [0.717, 1.165) is 0 Å². The van der Waals surface area contributed by atoms with Crippen LogP contribution < -0.4 is 0 Å². The van der Waals surface area contributed by atoms with Crippen LogP contribution in [0.1, 0.15) is 55.3 Å². The molecule has 132 valence electrons. The molecule has 1 fully saturated rings. The SMILES string of the molecule is Cc1coc(CC(=O)O)c1C(=O)N1CCC[C@@H]1C(=O)OC(C)(C)C. The van der Waals surface area contributed by atoms with Gasteiger partial charge in [0.15, 0.2) is 0 Å². The molecule has 7 nitrogen and oxygen atoms in total. The zero-order chi connectivity index (χ0) is 18.1. The van der Waals surface area contributed by atoms with Gasteiger partial charge in [0, 0.05) is 12.1 Å². The maximum Gasteiger partial charge on any atom is 0.329 e. The number of nitrogens with zero attached hydrogens (tertiary/aromatic N) is 1. The van der Waals surface area contributed by atoms with Crippen molar-refractivity contribution in [2.45, 2.75) is 58.6 Å². The summed E-state index contributed by atoms with van der Waals surface area (Å²) in [6, 6.07) is -0.649. The summed E-state index contributed by atoms with van der Waals surface area (Å²) in [6.07, 6.45) is 2.22. The molecule has 1 aliphatic rings. The Balaban J connectivity index is 2.24. The number of carboxylic acids is 1. The summed E-state index contributed by atoms with van der Waals surface area (Å²) >= 11 is 0. The number of likely N-dealkylation sites (tertiary alicyclic amines) is 1. The normalized spacial score (nSPS) is 17.8. The van der Waals surface area contributed by atoms with Crippen molar-refractivity contribution in [2.24, 2.45) is 0 Å². The van der Waals surface area contributed by atoms with Gasteiger partial charge in [-0.15, -0.1) is 0 Å². The van der Waals surface area contributed by atoms with Crippen LogP contribution in [-0.2, 0) is 20.7 Å². The van der Waals surface area contributed by atoms with Crippen LogP contribution in [0.3, 0.4) is 0 Å². The van der Waals surface area contributed by atoms with E-state index in [-0.39, 0.29) is 23.7 Å². The molecule has 0 aliphatic carbocycles. The van der Waals surface area contributed by atoms with Crippen molar-refractivity contribution >= 4 is 17.8 Å². The van der Waals surface area contributed by atoms with Gasteiger partial charge in [0.05, 0.1) is 11.8 Å². The van der Waals surface area contributed by atoms with Crippen molar-refractivity contribution in [1.29, 1.82) is 0 Å². The molecule has 0 bridgehead atoms. The summed E-state index contributed by atoms with van der Waals surface area (Å²) in [6.45, 7) is 7.44. The fraction of sp³-hybridized carbons (Fsp3) is 0.588. The zero-order valence-corrected chi connectivity index (χ0v) is 14.4. The standard InChI is InChI=1S/C17H23NO6/c1-10-9-23-12(8-13(19)20)14(10)15(21)18-7-5-6-11(18)16(22)24-17(2,3)4/h9,11H,5-8H2,1-4H3,(H,19,20)/t11-/m1/s1. The molecule has 1 saturated heterocycles. The lowest BCUT2D eigenvalue weighted by atomic mass is 10.1. The van der Waals surface area contributed by atoms with E-state index in [1.54, 1.807) is 27.7 Å². The Kier molecular flexibility index (Phi) is 5.01. The van der Waals surface area contributed by atoms with Crippen LogP contribution in [0.15, 0.2) is 10.7 Å². The first-order chi connectivity index (χ1) is 11.1. The van der Waals surface area contributed by atoms with E-state index in [0.29, 0.717) is 24.9 Å². The van der Waals surface area contributed by atoms with Crippen LogP contribution in [0.25, 0.3) is 0 Å². The molecule has 0 unspecified atom stereocenters. The van der Waals surface area contributed by atoms with Gasteiger partial charge in [-0.3, -0.25) is 9.59 Å². The van der Waals surface area contributed by atoms with Gasteiger partial charge in [-0.05, 0) is 40.5 Å². The number of furan rings is 1. The summed E-state index contributed by atoms with van der Waals surface area (Å²) < 4.78 is 10.6. The Morgan fingerprint density at radius 2 is 2.04 bits per heavy atom. The predicted molar refractivity (Wildman–Crippen MR) is 84.7 cm³/mol. The highest BCUT2D eigenvalue weighted by Gasteiger charge is 2.39. The first-order valence-electron chi connectivity index (χ1n) is 7.92. The van der Waals surface area contributed by atoms with Crippen molar-refractivity contribution in [3.05, 3.63) is 23.2 Å². The Hall–Kier alpha value is -2.31. The molecule has 0 saturated carbocycles. The highest BCUT2D eigenvalue weighted by atomic mass is 16.6. The summed E-state index contributed by atoms with van der Waals surface area (Å²) in [5.74, 6) is -1.79. The number of aryl methyl sites for hydroxylation is 1. The molecular weight excluding hydrogens is 314 g/mol. The molecule has 1 atom stereocenters. The lowest BCUT2D eigenvalue weighted by Gasteiger charge is -2.27. The van der Waals surface area contributed by atoms with Crippen molar-refractivity contribution in [3.63, 3.8) is 0 Å². The molecular formula is C17H23NO6. The summed E-state index contributed by atoms with van der Waals surface area (Å²) in [4.78, 5) is 37.6. The number of hydrogen-bond donors (Lipinski definition) is 1. The number of rotatable bonds is 4. The molecule has 7 heteroatoms. The monoisotopic (exact) mass is 337 g/mol. The smallest absolute Gasteiger partial charge is 0.329 e. The van der Waals surface area contributed by atoms with E-state index >= 15 is 0 Å². The minimum absolute atomic E-state index is 0.111. The second-order valence-corrected chi connectivity index (χ2v) is 6.98. The molecule has 1 amide bonds. The number of ether oxygens (including phenoxy) is 1. The number of aliphatic carboxylic acids is 1. The largest absolute Gasteiger partial charge is 0.481 e. The van der Waals surface area contributed by atoms with Crippen LogP contribution in [-0.4, -0.2) is 46.0 Å². The van der Waals surface area contributed by atoms with Gasteiger partial charge >= 0.3 is 11.9 Å². The van der Waals surface area contributed by atoms with Crippen LogP contribution in [0.5, 0.6) is 0 Å². The Morgan fingerprint density at radius 3 is 2.62 bits per heavy atom. The predicted octanol–water partition coefficient (Wildman–Crippen LogP) is 2.16. The third-order valence-corrected chi connectivity index (χ3v) is 3.77. The van der Waals surface area contributed by atoms with Crippen molar-refractivity contribution < 1.29 is 28.6 Å². The number of amides is 1. The molecule has 0 spiro atoms. The summed E-state index contributed by atoms with van der Waals surface area (Å²) in [7, 11) is 0. The molecule has 1 aromatic heterocycles. The van der Waals surface area contributed by atoms with Crippen molar-refractivity contribution in [1.82, 2.24) is 4.90 Å². The van der Waals surface area contributed by atoms with Crippen LogP contribution in [0, 0.1) is 6.92 Å². The molecule has 24 heavy (non-hydrogen) atoms. The third-order valence-electron chi connectivity index (χ3n) is 3.77. The highest BCUT2D eigenvalue weighted by molar-refractivity contribution is 5.99. The van der Waals surface area contributed by atoms with Crippen LogP contribution in [0.2, 0.25) is 0 Å². The number of carboxylic acid groups (broad SMARTS) is 1. The zero-order valence-electron chi connectivity index (χ0n) is 14.4. The van der Waals surface area contributed by atoms with E-state index in [9.17, 15) is 14.4 Å². The second kappa shape index (κ2) is 6.67. The van der Waals surface area contributed by atoms with Gasteiger partial charge in [0.25, 0.3) is 5.91 Å². The quantitative estimate of drug-likeness (QED) is 0.846. The summed E-state index contributed by atoms with van der Waals surface area (Å²) in [5, 5.41) is 8.96. The fourth-order valence-corrected chi connectivity index (χ4v) is 2.82. The Labute approximate surface area is 140 Å². The molecule has 0 aromatic carbocycles. The van der Waals surface area contributed by atoms with Crippen LogP contribution >= 0.6 is 0 Å².